The monoisotopic (exact) mass is 472 g/mol. The highest BCUT2D eigenvalue weighted by atomic mass is 19.4. The maximum Gasteiger partial charge on any atom is 0.431 e. The van der Waals surface area contributed by atoms with E-state index < -0.39 is 70.0 Å². The Morgan fingerprint density at radius 1 is 0.939 bits per heavy atom. The number of hydrogen-bond donors (Lipinski definition) is 0. The van der Waals surface area contributed by atoms with Gasteiger partial charge in [-0.25, -0.2) is 8.78 Å². The van der Waals surface area contributed by atoms with E-state index in [9.17, 15) is 35.1 Å². The number of rotatable bonds is 3. The molecule has 0 aliphatic heterocycles. The molecular weight excluding hydrogens is 464 g/mol. The molecular formula is C20H8F8N4O. The van der Waals surface area contributed by atoms with Crippen LogP contribution in [0.2, 0.25) is 0 Å². The molecule has 0 aliphatic carbocycles. The van der Waals surface area contributed by atoms with E-state index in [1.54, 1.807) is 0 Å². The number of benzene rings is 2. The van der Waals surface area contributed by atoms with Gasteiger partial charge in [-0.1, -0.05) is 5.16 Å². The molecule has 5 nitrogen and oxygen atoms in total. The summed E-state index contributed by atoms with van der Waals surface area (Å²) in [4.78, 5) is 3.80. The standard InChI is InChI=1S/C20H8F8N4O/c21-11-3-10(4-12(22)5-11)18-30-16(31-33-18)8-32-14-2-1-9(7-29)17(20(26,27)28)13(14)6-15(32)19(23,24)25/h1-6H,8H2. The second kappa shape index (κ2) is 7.58. The fourth-order valence-corrected chi connectivity index (χ4v) is 3.39. The van der Waals surface area contributed by atoms with Crippen molar-refractivity contribution in [3.63, 3.8) is 0 Å². The fraction of sp³-hybridized carbons (Fsp3) is 0.150. The summed E-state index contributed by atoms with van der Waals surface area (Å²) in [5, 5.41) is 11.6. The van der Waals surface area contributed by atoms with Gasteiger partial charge in [-0.05, 0) is 30.3 Å². The topological polar surface area (TPSA) is 67.6 Å². The average Bonchev–Trinajstić information content (AvgIpc) is 3.31. The Kier molecular flexibility index (Phi) is 5.11. The van der Waals surface area contributed by atoms with Gasteiger partial charge < -0.3 is 9.09 Å². The van der Waals surface area contributed by atoms with Crippen molar-refractivity contribution in [1.29, 1.82) is 5.26 Å². The molecule has 0 spiro atoms. The van der Waals surface area contributed by atoms with Gasteiger partial charge in [0.25, 0.3) is 5.89 Å². The Morgan fingerprint density at radius 2 is 1.61 bits per heavy atom. The molecule has 2 aromatic heterocycles. The molecule has 0 atom stereocenters. The molecule has 0 aliphatic rings. The molecule has 4 aromatic rings. The van der Waals surface area contributed by atoms with Crippen LogP contribution in [0.3, 0.4) is 0 Å². The van der Waals surface area contributed by atoms with Gasteiger partial charge in [0.1, 0.15) is 17.3 Å². The molecule has 0 bridgehead atoms. The first-order valence-electron chi connectivity index (χ1n) is 8.88. The van der Waals surface area contributed by atoms with Crippen LogP contribution in [0.5, 0.6) is 0 Å². The van der Waals surface area contributed by atoms with Crippen LogP contribution in [0, 0.1) is 23.0 Å². The minimum absolute atomic E-state index is 0.183. The van der Waals surface area contributed by atoms with E-state index in [0.717, 1.165) is 24.3 Å². The lowest BCUT2D eigenvalue weighted by molar-refractivity contribution is -0.143. The third-order valence-corrected chi connectivity index (χ3v) is 4.66. The maximum atomic E-state index is 13.6. The van der Waals surface area contributed by atoms with E-state index in [1.807, 2.05) is 0 Å². The highest BCUT2D eigenvalue weighted by Crippen LogP contribution is 2.42. The molecule has 0 N–H and O–H groups in total. The third kappa shape index (κ3) is 4.11. The summed E-state index contributed by atoms with van der Waals surface area (Å²) in [6, 6.07) is 5.62. The van der Waals surface area contributed by atoms with Crippen molar-refractivity contribution in [2.24, 2.45) is 0 Å². The first-order valence-corrected chi connectivity index (χ1v) is 8.88. The highest BCUT2D eigenvalue weighted by Gasteiger charge is 2.40. The molecule has 0 saturated heterocycles. The van der Waals surface area contributed by atoms with E-state index >= 15 is 0 Å². The van der Waals surface area contributed by atoms with Crippen molar-refractivity contribution >= 4 is 10.9 Å². The van der Waals surface area contributed by atoms with Gasteiger partial charge in [-0.2, -0.15) is 36.6 Å². The van der Waals surface area contributed by atoms with Crippen molar-refractivity contribution in [3.05, 3.63) is 70.7 Å². The zero-order valence-electron chi connectivity index (χ0n) is 15.9. The predicted octanol–water partition coefficient (Wildman–Crippen LogP) is 5.93. The Balaban J connectivity index is 1.86. The Bertz CT molecular complexity index is 1390. The van der Waals surface area contributed by atoms with Gasteiger partial charge in [0, 0.05) is 22.5 Å². The molecule has 13 heteroatoms. The van der Waals surface area contributed by atoms with E-state index in [0.29, 0.717) is 16.7 Å². The molecule has 2 aromatic carbocycles. The average molecular weight is 472 g/mol. The zero-order valence-corrected chi connectivity index (χ0v) is 15.9. The normalized spacial score (nSPS) is 12.3. The fourth-order valence-electron chi connectivity index (χ4n) is 3.39. The molecule has 0 amide bonds. The van der Waals surface area contributed by atoms with Gasteiger partial charge in [0.15, 0.2) is 5.82 Å². The van der Waals surface area contributed by atoms with Crippen molar-refractivity contribution in [1.82, 2.24) is 14.7 Å². The second-order valence-electron chi connectivity index (χ2n) is 6.82. The molecule has 2 heterocycles. The van der Waals surface area contributed by atoms with Gasteiger partial charge in [-0.3, -0.25) is 0 Å². The van der Waals surface area contributed by atoms with Crippen LogP contribution in [0.1, 0.15) is 22.6 Å². The number of nitriles is 1. The summed E-state index contributed by atoms with van der Waals surface area (Å²) >= 11 is 0. The van der Waals surface area contributed by atoms with Crippen molar-refractivity contribution < 1.29 is 39.6 Å². The van der Waals surface area contributed by atoms with E-state index in [4.69, 9.17) is 9.78 Å². The van der Waals surface area contributed by atoms with Crippen LogP contribution in [-0.4, -0.2) is 14.7 Å². The van der Waals surface area contributed by atoms with Crippen molar-refractivity contribution in [3.8, 4) is 17.5 Å². The minimum atomic E-state index is -5.10. The number of alkyl halides is 6. The first kappa shape index (κ1) is 22.3. The van der Waals surface area contributed by atoms with Gasteiger partial charge in [-0.15, -0.1) is 0 Å². The van der Waals surface area contributed by atoms with Crippen molar-refractivity contribution in [2.45, 2.75) is 18.9 Å². The minimum Gasteiger partial charge on any atom is -0.334 e. The third-order valence-electron chi connectivity index (χ3n) is 4.66. The second-order valence-corrected chi connectivity index (χ2v) is 6.82. The molecule has 0 saturated carbocycles. The van der Waals surface area contributed by atoms with Gasteiger partial charge >= 0.3 is 12.4 Å². The van der Waals surface area contributed by atoms with E-state index in [-0.39, 0.29) is 5.56 Å². The van der Waals surface area contributed by atoms with Gasteiger partial charge in [0.05, 0.1) is 23.7 Å². The summed E-state index contributed by atoms with van der Waals surface area (Å²) in [6.45, 7) is -0.775. The van der Waals surface area contributed by atoms with Gasteiger partial charge in [0.2, 0.25) is 0 Å². The first-order chi connectivity index (χ1) is 15.4. The summed E-state index contributed by atoms with van der Waals surface area (Å²) in [7, 11) is 0. The van der Waals surface area contributed by atoms with Crippen LogP contribution in [0.25, 0.3) is 22.4 Å². The number of fused-ring (bicyclic) bond motifs is 1. The van der Waals surface area contributed by atoms with E-state index in [1.165, 1.54) is 6.07 Å². The SMILES string of the molecule is N#Cc1ccc2c(cc(C(F)(F)F)n2Cc2noc(-c3cc(F)cc(F)c3)n2)c1C(F)(F)F. The number of aromatic nitrogens is 3. The molecule has 4 rings (SSSR count). The zero-order chi connectivity index (χ0) is 24.1. The largest absolute Gasteiger partial charge is 0.431 e. The van der Waals surface area contributed by atoms with Crippen LogP contribution >= 0.6 is 0 Å². The molecule has 0 radical (unpaired) electrons. The smallest absolute Gasteiger partial charge is 0.334 e. The van der Waals surface area contributed by atoms with Crippen LogP contribution in [0.4, 0.5) is 35.1 Å². The predicted molar refractivity (Wildman–Crippen MR) is 95.4 cm³/mol. The molecule has 0 fully saturated rings. The lowest BCUT2D eigenvalue weighted by Crippen LogP contribution is -2.14. The van der Waals surface area contributed by atoms with Crippen molar-refractivity contribution in [2.75, 3.05) is 0 Å². The molecule has 33 heavy (non-hydrogen) atoms. The summed E-state index contributed by atoms with van der Waals surface area (Å²) in [6.07, 6.45) is -10.2. The maximum absolute atomic E-state index is 13.6. The lowest BCUT2D eigenvalue weighted by Gasteiger charge is -2.12. The van der Waals surface area contributed by atoms with Crippen LogP contribution < -0.4 is 0 Å². The molecule has 0 unspecified atom stereocenters. The highest BCUT2D eigenvalue weighted by molar-refractivity contribution is 5.87. The summed E-state index contributed by atoms with van der Waals surface area (Å²) in [5.74, 6) is -2.73. The molecule has 170 valence electrons. The number of hydrogen-bond acceptors (Lipinski definition) is 4. The Labute approximate surface area is 178 Å². The quantitative estimate of drug-likeness (QED) is 0.347. The lowest BCUT2D eigenvalue weighted by atomic mass is 10.0. The number of nitrogens with zero attached hydrogens (tertiary/aromatic N) is 4. The summed E-state index contributed by atoms with van der Waals surface area (Å²) < 4.78 is 114. The van der Waals surface area contributed by atoms with E-state index in [2.05, 4.69) is 10.1 Å². The number of halogens is 8. The summed E-state index contributed by atoms with van der Waals surface area (Å²) in [5.41, 5.74) is -4.44. The van der Waals surface area contributed by atoms with Crippen LogP contribution in [0.15, 0.2) is 40.9 Å². The Morgan fingerprint density at radius 3 is 2.18 bits per heavy atom. The Hall–Kier alpha value is -3.95. The van der Waals surface area contributed by atoms with Crippen LogP contribution in [-0.2, 0) is 18.9 Å².